The van der Waals surface area contributed by atoms with Gasteiger partial charge in [-0.25, -0.2) is 0 Å². The van der Waals surface area contributed by atoms with Crippen molar-refractivity contribution in [2.45, 2.75) is 32.4 Å². The smallest absolute Gasteiger partial charge is 0.226 e. The van der Waals surface area contributed by atoms with Gasteiger partial charge < -0.3 is 20.1 Å². The molecule has 2 aromatic carbocycles. The van der Waals surface area contributed by atoms with E-state index >= 15 is 0 Å². The summed E-state index contributed by atoms with van der Waals surface area (Å²) in [6, 6.07) is 14.1. The number of nitrogens with zero attached hydrogens (tertiary/aromatic N) is 1. The molecule has 0 saturated heterocycles. The number of rotatable bonds is 9. The molecule has 0 saturated carbocycles. The van der Waals surface area contributed by atoms with Gasteiger partial charge in [-0.15, -0.1) is 0 Å². The van der Waals surface area contributed by atoms with Gasteiger partial charge >= 0.3 is 0 Å². The van der Waals surface area contributed by atoms with E-state index in [0.717, 1.165) is 32.6 Å². The summed E-state index contributed by atoms with van der Waals surface area (Å²) in [5.74, 6) is 1.24. The van der Waals surface area contributed by atoms with Crippen LogP contribution < -0.4 is 20.1 Å². The Kier molecular flexibility index (Phi) is 7.49. The van der Waals surface area contributed by atoms with Gasteiger partial charge in [0.2, 0.25) is 5.91 Å². The standard InChI is InChI=1S/C23H31N3O3/c1-17(14-23(27)25-21-9-8-20(28-2)15-22(21)29-3)24-11-13-26-12-10-18-6-4-5-7-19(18)16-26/h4-9,15,17,24H,10-14,16H2,1-3H3,(H,25,27). The van der Waals surface area contributed by atoms with Crippen LogP contribution in [0.1, 0.15) is 24.5 Å². The summed E-state index contributed by atoms with van der Waals surface area (Å²) in [7, 11) is 3.18. The first kappa shape index (κ1) is 21.1. The SMILES string of the molecule is COc1ccc(NC(=O)CC(C)NCCN2CCc3ccccc3C2)c(OC)c1. The van der Waals surface area contributed by atoms with E-state index in [9.17, 15) is 4.79 Å². The molecule has 0 fully saturated rings. The summed E-state index contributed by atoms with van der Waals surface area (Å²) in [6.45, 7) is 5.97. The number of anilines is 1. The number of carbonyl (C=O) groups is 1. The van der Waals surface area contributed by atoms with Gasteiger partial charge in [0.15, 0.2) is 0 Å². The normalized spacial score (nSPS) is 14.7. The Labute approximate surface area is 173 Å². The van der Waals surface area contributed by atoms with Gasteiger partial charge in [0.1, 0.15) is 11.5 Å². The summed E-state index contributed by atoms with van der Waals surface area (Å²) >= 11 is 0. The molecule has 6 nitrogen and oxygen atoms in total. The van der Waals surface area contributed by atoms with Crippen molar-refractivity contribution in [3.8, 4) is 11.5 Å². The van der Waals surface area contributed by atoms with E-state index in [2.05, 4.69) is 39.8 Å². The van der Waals surface area contributed by atoms with Crippen LogP contribution in [0.15, 0.2) is 42.5 Å². The lowest BCUT2D eigenvalue weighted by Gasteiger charge is -2.29. The van der Waals surface area contributed by atoms with E-state index in [-0.39, 0.29) is 11.9 Å². The molecule has 0 aromatic heterocycles. The molecule has 1 aliphatic rings. The molecule has 156 valence electrons. The van der Waals surface area contributed by atoms with E-state index in [4.69, 9.17) is 9.47 Å². The quantitative estimate of drug-likeness (QED) is 0.681. The monoisotopic (exact) mass is 397 g/mol. The predicted molar refractivity (Wildman–Crippen MR) is 116 cm³/mol. The topological polar surface area (TPSA) is 62.8 Å². The Morgan fingerprint density at radius 2 is 1.93 bits per heavy atom. The molecular formula is C23H31N3O3. The van der Waals surface area contributed by atoms with Crippen molar-refractivity contribution < 1.29 is 14.3 Å². The molecule has 2 N–H and O–H groups in total. The first-order valence-electron chi connectivity index (χ1n) is 10.1. The van der Waals surface area contributed by atoms with Crippen molar-refractivity contribution in [2.75, 3.05) is 39.2 Å². The molecule has 0 spiro atoms. The highest BCUT2D eigenvalue weighted by Crippen LogP contribution is 2.29. The van der Waals surface area contributed by atoms with Crippen LogP contribution in [-0.4, -0.2) is 50.7 Å². The maximum Gasteiger partial charge on any atom is 0.226 e. The average molecular weight is 398 g/mol. The lowest BCUT2D eigenvalue weighted by Crippen LogP contribution is -2.39. The van der Waals surface area contributed by atoms with Gasteiger partial charge in [-0.05, 0) is 36.6 Å². The Bertz CT molecular complexity index is 825. The number of nitrogens with one attached hydrogen (secondary N) is 2. The lowest BCUT2D eigenvalue weighted by atomic mass is 10.00. The minimum Gasteiger partial charge on any atom is -0.497 e. The summed E-state index contributed by atoms with van der Waals surface area (Å²) in [6.07, 6.45) is 1.51. The Hall–Kier alpha value is -2.57. The van der Waals surface area contributed by atoms with Crippen LogP contribution >= 0.6 is 0 Å². The zero-order valence-electron chi connectivity index (χ0n) is 17.5. The minimum absolute atomic E-state index is 0.0413. The summed E-state index contributed by atoms with van der Waals surface area (Å²) in [4.78, 5) is 14.9. The van der Waals surface area contributed by atoms with Crippen LogP contribution in [0.25, 0.3) is 0 Å². The molecule has 1 amide bonds. The maximum atomic E-state index is 12.4. The summed E-state index contributed by atoms with van der Waals surface area (Å²) < 4.78 is 10.5. The minimum atomic E-state index is -0.0413. The number of benzene rings is 2. The van der Waals surface area contributed by atoms with Gasteiger partial charge in [-0.3, -0.25) is 9.69 Å². The molecule has 3 rings (SSSR count). The van der Waals surface area contributed by atoms with E-state index in [1.54, 1.807) is 32.4 Å². The van der Waals surface area contributed by atoms with Crippen molar-refractivity contribution in [3.63, 3.8) is 0 Å². The van der Waals surface area contributed by atoms with Gasteiger partial charge in [-0.2, -0.15) is 0 Å². The molecule has 1 atom stereocenters. The van der Waals surface area contributed by atoms with E-state index in [1.165, 1.54) is 11.1 Å². The Balaban J connectivity index is 1.41. The number of hydrogen-bond acceptors (Lipinski definition) is 5. The van der Waals surface area contributed by atoms with Crippen molar-refractivity contribution in [3.05, 3.63) is 53.6 Å². The Morgan fingerprint density at radius 1 is 1.14 bits per heavy atom. The Morgan fingerprint density at radius 3 is 2.69 bits per heavy atom. The molecule has 1 aliphatic heterocycles. The van der Waals surface area contributed by atoms with Crippen LogP contribution in [0.3, 0.4) is 0 Å². The first-order valence-corrected chi connectivity index (χ1v) is 10.1. The highest BCUT2D eigenvalue weighted by molar-refractivity contribution is 5.92. The second-order valence-electron chi connectivity index (χ2n) is 7.47. The molecule has 0 radical (unpaired) electrons. The molecule has 1 heterocycles. The van der Waals surface area contributed by atoms with Crippen molar-refractivity contribution in [1.29, 1.82) is 0 Å². The number of methoxy groups -OCH3 is 2. The lowest BCUT2D eigenvalue weighted by molar-refractivity contribution is -0.116. The van der Waals surface area contributed by atoms with Gasteiger partial charge in [0, 0.05) is 44.7 Å². The summed E-state index contributed by atoms with van der Waals surface area (Å²) in [5.41, 5.74) is 3.55. The molecular weight excluding hydrogens is 366 g/mol. The molecule has 29 heavy (non-hydrogen) atoms. The van der Waals surface area contributed by atoms with Crippen LogP contribution in [-0.2, 0) is 17.8 Å². The van der Waals surface area contributed by atoms with Crippen LogP contribution in [0.4, 0.5) is 5.69 Å². The average Bonchev–Trinajstić information content (AvgIpc) is 2.73. The highest BCUT2D eigenvalue weighted by atomic mass is 16.5. The molecule has 2 aromatic rings. The van der Waals surface area contributed by atoms with Gasteiger partial charge in [0.25, 0.3) is 0 Å². The first-order chi connectivity index (χ1) is 14.1. The maximum absolute atomic E-state index is 12.4. The molecule has 1 unspecified atom stereocenters. The zero-order chi connectivity index (χ0) is 20.6. The highest BCUT2D eigenvalue weighted by Gasteiger charge is 2.16. The fourth-order valence-electron chi connectivity index (χ4n) is 3.67. The number of hydrogen-bond donors (Lipinski definition) is 2. The number of fused-ring (bicyclic) bond motifs is 1. The third-order valence-corrected chi connectivity index (χ3v) is 5.30. The van der Waals surface area contributed by atoms with Gasteiger partial charge in [0.05, 0.1) is 19.9 Å². The van der Waals surface area contributed by atoms with Crippen LogP contribution in [0, 0.1) is 0 Å². The predicted octanol–water partition coefficient (Wildman–Crippen LogP) is 3.07. The summed E-state index contributed by atoms with van der Waals surface area (Å²) in [5, 5.41) is 6.39. The van der Waals surface area contributed by atoms with E-state index in [0.29, 0.717) is 23.6 Å². The number of carbonyl (C=O) groups excluding carboxylic acids is 1. The van der Waals surface area contributed by atoms with Crippen molar-refractivity contribution in [2.24, 2.45) is 0 Å². The third-order valence-electron chi connectivity index (χ3n) is 5.30. The van der Waals surface area contributed by atoms with Gasteiger partial charge in [-0.1, -0.05) is 24.3 Å². The third kappa shape index (κ3) is 5.95. The van der Waals surface area contributed by atoms with Crippen molar-refractivity contribution in [1.82, 2.24) is 10.2 Å². The van der Waals surface area contributed by atoms with Crippen molar-refractivity contribution >= 4 is 11.6 Å². The number of amides is 1. The fraction of sp³-hybridized carbons (Fsp3) is 0.435. The molecule has 0 aliphatic carbocycles. The fourth-order valence-corrected chi connectivity index (χ4v) is 3.67. The zero-order valence-corrected chi connectivity index (χ0v) is 17.5. The number of ether oxygens (including phenoxy) is 2. The second kappa shape index (κ2) is 10.3. The van der Waals surface area contributed by atoms with E-state index in [1.807, 2.05) is 6.92 Å². The molecule has 0 bridgehead atoms. The van der Waals surface area contributed by atoms with Crippen LogP contribution in [0.2, 0.25) is 0 Å². The van der Waals surface area contributed by atoms with E-state index < -0.39 is 0 Å². The largest absolute Gasteiger partial charge is 0.497 e. The van der Waals surface area contributed by atoms with Crippen LogP contribution in [0.5, 0.6) is 11.5 Å². The second-order valence-corrected chi connectivity index (χ2v) is 7.47. The molecule has 6 heteroatoms.